The predicted octanol–water partition coefficient (Wildman–Crippen LogP) is 3.39. The molecule has 0 spiro atoms. The van der Waals surface area contributed by atoms with E-state index in [9.17, 15) is 10.1 Å². The molecule has 0 saturated heterocycles. The summed E-state index contributed by atoms with van der Waals surface area (Å²) in [5, 5.41) is 15.4. The Morgan fingerprint density at radius 2 is 2.06 bits per heavy atom. The molecule has 0 aliphatic carbocycles. The van der Waals surface area contributed by atoms with Gasteiger partial charge in [-0.1, -0.05) is 24.9 Å². The van der Waals surface area contributed by atoms with Crippen LogP contribution in [0.3, 0.4) is 0 Å². The zero-order valence-electron chi connectivity index (χ0n) is 9.84. The van der Waals surface area contributed by atoms with Gasteiger partial charge in [-0.3, -0.25) is 10.1 Å². The average Bonchev–Trinajstić information content (AvgIpc) is 2.71. The van der Waals surface area contributed by atoms with Crippen LogP contribution < -0.4 is 0 Å². The molecule has 0 saturated carbocycles. The van der Waals surface area contributed by atoms with E-state index >= 15 is 0 Å². The van der Waals surface area contributed by atoms with Gasteiger partial charge < -0.3 is 0 Å². The largest absolute Gasteiger partial charge is 0.269 e. The molecule has 1 heterocycles. The minimum absolute atomic E-state index is 0.0517. The number of aromatic nitrogens is 2. The summed E-state index contributed by atoms with van der Waals surface area (Å²) in [6.07, 6.45) is 1.85. The van der Waals surface area contributed by atoms with E-state index in [1.165, 1.54) is 12.1 Å². The zero-order chi connectivity index (χ0) is 13.1. The van der Waals surface area contributed by atoms with Gasteiger partial charge in [-0.25, -0.2) is 4.68 Å². The Labute approximate surface area is 109 Å². The molecule has 0 fully saturated rings. The highest BCUT2D eigenvalue weighted by molar-refractivity contribution is 6.29. The maximum absolute atomic E-state index is 10.6. The third-order valence-electron chi connectivity index (χ3n) is 2.53. The van der Waals surface area contributed by atoms with Crippen LogP contribution in [-0.4, -0.2) is 14.7 Å². The molecule has 0 unspecified atom stereocenters. The van der Waals surface area contributed by atoms with Gasteiger partial charge in [0.2, 0.25) is 0 Å². The number of hydrogen-bond acceptors (Lipinski definition) is 3. The van der Waals surface area contributed by atoms with Crippen molar-refractivity contribution in [3.63, 3.8) is 0 Å². The number of rotatable bonds is 4. The van der Waals surface area contributed by atoms with Crippen molar-refractivity contribution >= 4 is 17.3 Å². The molecule has 0 radical (unpaired) electrons. The van der Waals surface area contributed by atoms with Crippen LogP contribution in [0.2, 0.25) is 5.15 Å². The summed E-state index contributed by atoms with van der Waals surface area (Å²) in [4.78, 5) is 10.1. The molecule has 5 nitrogen and oxygen atoms in total. The van der Waals surface area contributed by atoms with Crippen LogP contribution in [0.1, 0.15) is 19.0 Å². The molecule has 1 aromatic heterocycles. The summed E-state index contributed by atoms with van der Waals surface area (Å²) < 4.78 is 1.58. The third-order valence-corrected chi connectivity index (χ3v) is 2.80. The highest BCUT2D eigenvalue weighted by Gasteiger charge is 2.09. The smallest absolute Gasteiger partial charge is 0.258 e. The summed E-state index contributed by atoms with van der Waals surface area (Å²) in [7, 11) is 0. The van der Waals surface area contributed by atoms with Gasteiger partial charge in [0, 0.05) is 12.1 Å². The van der Waals surface area contributed by atoms with Crippen LogP contribution in [0, 0.1) is 10.1 Å². The van der Waals surface area contributed by atoms with E-state index in [2.05, 4.69) is 12.0 Å². The predicted molar refractivity (Wildman–Crippen MR) is 69.2 cm³/mol. The molecule has 2 rings (SSSR count). The molecular weight excluding hydrogens is 254 g/mol. The van der Waals surface area contributed by atoms with Gasteiger partial charge in [0.1, 0.15) is 5.15 Å². The summed E-state index contributed by atoms with van der Waals surface area (Å²) in [6, 6.07) is 7.95. The fraction of sp³-hybridized carbons (Fsp3) is 0.250. The number of aryl methyl sites for hydroxylation is 1. The molecule has 0 atom stereocenters. The maximum Gasteiger partial charge on any atom is 0.269 e. The summed E-state index contributed by atoms with van der Waals surface area (Å²) in [5.41, 5.74) is 1.68. The number of nitro benzene ring substituents is 1. The minimum Gasteiger partial charge on any atom is -0.258 e. The van der Waals surface area contributed by atoms with Crippen molar-refractivity contribution < 1.29 is 4.92 Å². The second-order valence-corrected chi connectivity index (χ2v) is 4.28. The molecule has 1 aromatic carbocycles. The average molecular weight is 266 g/mol. The Kier molecular flexibility index (Phi) is 3.62. The second kappa shape index (κ2) is 5.18. The van der Waals surface area contributed by atoms with E-state index in [1.807, 2.05) is 6.07 Å². The zero-order valence-corrected chi connectivity index (χ0v) is 10.6. The van der Waals surface area contributed by atoms with Crippen molar-refractivity contribution in [2.45, 2.75) is 19.8 Å². The number of nitrogens with zero attached hydrogens (tertiary/aromatic N) is 3. The first-order chi connectivity index (χ1) is 8.61. The Morgan fingerprint density at radius 1 is 1.39 bits per heavy atom. The van der Waals surface area contributed by atoms with E-state index in [-0.39, 0.29) is 5.69 Å². The molecule has 94 valence electrons. The van der Waals surface area contributed by atoms with E-state index < -0.39 is 4.92 Å². The Morgan fingerprint density at radius 3 is 2.61 bits per heavy atom. The fourth-order valence-corrected chi connectivity index (χ4v) is 1.94. The first kappa shape index (κ1) is 12.6. The molecule has 0 aliphatic heterocycles. The van der Waals surface area contributed by atoms with Crippen LogP contribution in [0.5, 0.6) is 0 Å². The molecular formula is C12H12ClN3O2. The van der Waals surface area contributed by atoms with Crippen molar-refractivity contribution in [2.24, 2.45) is 0 Å². The Hall–Kier alpha value is -1.88. The Balaban J connectivity index is 2.33. The van der Waals surface area contributed by atoms with E-state index in [0.717, 1.165) is 18.5 Å². The van der Waals surface area contributed by atoms with Gasteiger partial charge >= 0.3 is 0 Å². The lowest BCUT2D eigenvalue weighted by Crippen LogP contribution is -1.98. The first-order valence-corrected chi connectivity index (χ1v) is 5.99. The second-order valence-electron chi connectivity index (χ2n) is 3.89. The van der Waals surface area contributed by atoms with Crippen molar-refractivity contribution in [1.82, 2.24) is 9.78 Å². The van der Waals surface area contributed by atoms with Crippen LogP contribution in [0.4, 0.5) is 5.69 Å². The van der Waals surface area contributed by atoms with Gasteiger partial charge in [-0.05, 0) is 24.6 Å². The third kappa shape index (κ3) is 2.51. The van der Waals surface area contributed by atoms with Gasteiger partial charge in [0.15, 0.2) is 0 Å². The molecule has 0 N–H and O–H groups in total. The standard InChI is InChI=1S/C12H12ClN3O2/c1-2-3-9-8-12(13)15(14-9)10-4-6-11(7-5-10)16(17)18/h4-8H,2-3H2,1H3. The van der Waals surface area contributed by atoms with Gasteiger partial charge in [-0.15, -0.1) is 0 Å². The molecule has 0 amide bonds. The lowest BCUT2D eigenvalue weighted by molar-refractivity contribution is -0.384. The number of benzene rings is 1. The normalized spacial score (nSPS) is 10.6. The van der Waals surface area contributed by atoms with Crippen molar-refractivity contribution in [3.05, 3.63) is 51.3 Å². The number of nitro groups is 1. The number of halogens is 1. The maximum atomic E-state index is 10.6. The SMILES string of the molecule is CCCc1cc(Cl)n(-c2ccc([N+](=O)[O-])cc2)n1. The number of non-ortho nitro benzene ring substituents is 1. The fourth-order valence-electron chi connectivity index (χ4n) is 1.68. The van der Waals surface area contributed by atoms with Crippen LogP contribution in [-0.2, 0) is 6.42 Å². The molecule has 6 heteroatoms. The van der Waals surface area contributed by atoms with Gasteiger partial charge in [0.25, 0.3) is 5.69 Å². The topological polar surface area (TPSA) is 61.0 Å². The van der Waals surface area contributed by atoms with Crippen LogP contribution in [0.25, 0.3) is 5.69 Å². The monoisotopic (exact) mass is 265 g/mol. The summed E-state index contributed by atoms with van der Waals surface area (Å²) >= 11 is 6.08. The highest BCUT2D eigenvalue weighted by Crippen LogP contribution is 2.20. The van der Waals surface area contributed by atoms with E-state index in [0.29, 0.717) is 10.8 Å². The Bertz CT molecular complexity index is 563. The van der Waals surface area contributed by atoms with Crippen LogP contribution in [0.15, 0.2) is 30.3 Å². The van der Waals surface area contributed by atoms with Gasteiger partial charge in [-0.2, -0.15) is 5.10 Å². The van der Waals surface area contributed by atoms with Crippen molar-refractivity contribution in [3.8, 4) is 5.69 Å². The van der Waals surface area contributed by atoms with Gasteiger partial charge in [0.05, 0.1) is 16.3 Å². The van der Waals surface area contributed by atoms with Crippen molar-refractivity contribution in [1.29, 1.82) is 0 Å². The number of hydrogen-bond donors (Lipinski definition) is 0. The molecule has 18 heavy (non-hydrogen) atoms. The first-order valence-electron chi connectivity index (χ1n) is 5.61. The van der Waals surface area contributed by atoms with Crippen LogP contribution >= 0.6 is 11.6 Å². The molecule has 0 bridgehead atoms. The van der Waals surface area contributed by atoms with Crippen molar-refractivity contribution in [2.75, 3.05) is 0 Å². The lowest BCUT2D eigenvalue weighted by Gasteiger charge is -2.02. The quantitative estimate of drug-likeness (QED) is 0.629. The molecule has 0 aliphatic rings. The lowest BCUT2D eigenvalue weighted by atomic mass is 10.3. The highest BCUT2D eigenvalue weighted by atomic mass is 35.5. The summed E-state index contributed by atoms with van der Waals surface area (Å²) in [5.74, 6) is 0. The van der Waals surface area contributed by atoms with E-state index in [1.54, 1.807) is 16.8 Å². The summed E-state index contributed by atoms with van der Waals surface area (Å²) in [6.45, 7) is 2.07. The minimum atomic E-state index is -0.434. The molecule has 2 aromatic rings. The van der Waals surface area contributed by atoms with E-state index in [4.69, 9.17) is 11.6 Å².